The van der Waals surface area contributed by atoms with E-state index in [0.717, 1.165) is 36.5 Å². The third-order valence-corrected chi connectivity index (χ3v) is 4.94. The largest absolute Gasteiger partial charge is 0.497 e. The Bertz CT molecular complexity index is 865. The minimum Gasteiger partial charge on any atom is -0.497 e. The number of pyridine rings is 1. The highest BCUT2D eigenvalue weighted by Gasteiger charge is 2.22. The molecule has 3 aromatic rings. The first-order valence-electron chi connectivity index (χ1n) is 8.47. The SMILES string of the molecule is COc1ccc(Cn2c3c(c4ccnc(OC)c42)CCCC3)cc1. The normalized spacial score (nSPS) is 13.8. The number of aromatic nitrogens is 2. The molecule has 24 heavy (non-hydrogen) atoms. The average molecular weight is 322 g/mol. The molecular weight excluding hydrogens is 300 g/mol. The van der Waals surface area contributed by atoms with Gasteiger partial charge in [-0.05, 0) is 55.0 Å². The molecule has 0 N–H and O–H groups in total. The van der Waals surface area contributed by atoms with Crippen LogP contribution in [0.2, 0.25) is 0 Å². The number of ether oxygens (including phenoxy) is 2. The first kappa shape index (κ1) is 15.1. The third kappa shape index (κ3) is 2.42. The quantitative estimate of drug-likeness (QED) is 0.729. The van der Waals surface area contributed by atoms with E-state index < -0.39 is 0 Å². The molecular formula is C20H22N2O2. The molecule has 0 unspecified atom stereocenters. The van der Waals surface area contributed by atoms with Gasteiger partial charge in [0.05, 0.1) is 14.2 Å². The van der Waals surface area contributed by atoms with Crippen LogP contribution in [0.25, 0.3) is 10.9 Å². The van der Waals surface area contributed by atoms with E-state index in [2.05, 4.69) is 27.8 Å². The van der Waals surface area contributed by atoms with Crippen molar-refractivity contribution in [2.24, 2.45) is 0 Å². The minimum atomic E-state index is 0.718. The lowest BCUT2D eigenvalue weighted by molar-refractivity contribution is 0.401. The van der Waals surface area contributed by atoms with Gasteiger partial charge in [0, 0.05) is 23.8 Å². The van der Waals surface area contributed by atoms with E-state index in [-0.39, 0.29) is 0 Å². The molecule has 0 atom stereocenters. The molecule has 0 radical (unpaired) electrons. The molecule has 0 spiro atoms. The van der Waals surface area contributed by atoms with Crippen LogP contribution >= 0.6 is 0 Å². The van der Waals surface area contributed by atoms with Crippen LogP contribution in [0.4, 0.5) is 0 Å². The molecule has 0 amide bonds. The number of methoxy groups -OCH3 is 2. The van der Waals surface area contributed by atoms with Gasteiger partial charge in [-0.1, -0.05) is 12.1 Å². The maximum Gasteiger partial charge on any atom is 0.238 e. The molecule has 4 nitrogen and oxygen atoms in total. The van der Waals surface area contributed by atoms with Crippen molar-refractivity contribution in [1.29, 1.82) is 0 Å². The number of hydrogen-bond donors (Lipinski definition) is 0. The first-order valence-corrected chi connectivity index (χ1v) is 8.47. The Labute approximate surface area is 142 Å². The summed E-state index contributed by atoms with van der Waals surface area (Å²) in [5.74, 6) is 1.60. The van der Waals surface area contributed by atoms with Crippen molar-refractivity contribution in [2.45, 2.75) is 32.2 Å². The summed E-state index contributed by atoms with van der Waals surface area (Å²) in [6, 6.07) is 10.4. The molecule has 4 heteroatoms. The van der Waals surface area contributed by atoms with E-state index in [9.17, 15) is 0 Å². The molecule has 1 aromatic carbocycles. The Morgan fingerprint density at radius 2 is 1.79 bits per heavy atom. The number of rotatable bonds is 4. The Morgan fingerprint density at radius 1 is 1.00 bits per heavy atom. The lowest BCUT2D eigenvalue weighted by Crippen LogP contribution is -2.09. The lowest BCUT2D eigenvalue weighted by atomic mass is 9.96. The second-order valence-corrected chi connectivity index (χ2v) is 6.28. The second-order valence-electron chi connectivity index (χ2n) is 6.28. The fourth-order valence-electron chi connectivity index (χ4n) is 3.79. The molecule has 4 rings (SSSR count). The average Bonchev–Trinajstić information content (AvgIpc) is 2.97. The number of aryl methyl sites for hydroxylation is 1. The Hall–Kier alpha value is -2.49. The summed E-state index contributed by atoms with van der Waals surface area (Å²) >= 11 is 0. The summed E-state index contributed by atoms with van der Waals surface area (Å²) in [6.45, 7) is 0.831. The van der Waals surface area contributed by atoms with Crippen molar-refractivity contribution >= 4 is 10.9 Å². The van der Waals surface area contributed by atoms with Crippen molar-refractivity contribution in [3.63, 3.8) is 0 Å². The van der Waals surface area contributed by atoms with Crippen LogP contribution in [0.15, 0.2) is 36.5 Å². The zero-order valence-electron chi connectivity index (χ0n) is 14.2. The molecule has 124 valence electrons. The van der Waals surface area contributed by atoms with Gasteiger partial charge in [-0.2, -0.15) is 0 Å². The zero-order valence-corrected chi connectivity index (χ0v) is 14.2. The fourth-order valence-corrected chi connectivity index (χ4v) is 3.79. The van der Waals surface area contributed by atoms with Gasteiger partial charge in [0.15, 0.2) is 0 Å². The van der Waals surface area contributed by atoms with Gasteiger partial charge >= 0.3 is 0 Å². The number of benzene rings is 1. The Balaban J connectivity index is 1.86. The Morgan fingerprint density at radius 3 is 2.54 bits per heavy atom. The van der Waals surface area contributed by atoms with Crippen LogP contribution in [0.3, 0.4) is 0 Å². The highest BCUT2D eigenvalue weighted by Crippen LogP contribution is 2.36. The van der Waals surface area contributed by atoms with Gasteiger partial charge in [-0.15, -0.1) is 0 Å². The van der Waals surface area contributed by atoms with Crippen molar-refractivity contribution in [3.8, 4) is 11.6 Å². The summed E-state index contributed by atoms with van der Waals surface area (Å²) in [7, 11) is 3.40. The summed E-state index contributed by atoms with van der Waals surface area (Å²) in [6.07, 6.45) is 6.65. The van der Waals surface area contributed by atoms with Gasteiger partial charge in [-0.25, -0.2) is 4.98 Å². The number of hydrogen-bond acceptors (Lipinski definition) is 3. The minimum absolute atomic E-state index is 0.718. The fraction of sp³-hybridized carbons (Fsp3) is 0.350. The van der Waals surface area contributed by atoms with Gasteiger partial charge in [-0.3, -0.25) is 0 Å². The highest BCUT2D eigenvalue weighted by atomic mass is 16.5. The van der Waals surface area contributed by atoms with Crippen LogP contribution in [0, 0.1) is 0 Å². The van der Waals surface area contributed by atoms with E-state index in [1.165, 1.54) is 35.0 Å². The van der Waals surface area contributed by atoms with Gasteiger partial charge in [0.1, 0.15) is 11.3 Å². The zero-order chi connectivity index (χ0) is 16.5. The predicted octanol–water partition coefficient (Wildman–Crippen LogP) is 3.98. The van der Waals surface area contributed by atoms with Crippen LogP contribution < -0.4 is 9.47 Å². The predicted molar refractivity (Wildman–Crippen MR) is 95.0 cm³/mol. The van der Waals surface area contributed by atoms with Gasteiger partial charge in [0.2, 0.25) is 5.88 Å². The molecule has 2 aromatic heterocycles. The topological polar surface area (TPSA) is 36.3 Å². The van der Waals surface area contributed by atoms with Crippen LogP contribution in [0.1, 0.15) is 29.7 Å². The third-order valence-electron chi connectivity index (χ3n) is 4.94. The van der Waals surface area contributed by atoms with Gasteiger partial charge in [0.25, 0.3) is 0 Å². The maximum atomic E-state index is 5.57. The second kappa shape index (κ2) is 6.19. The maximum absolute atomic E-state index is 5.57. The standard InChI is InChI=1S/C20H22N2O2/c1-23-15-9-7-14(8-10-15)13-22-18-6-4-3-5-16(18)17-11-12-21-20(24-2)19(17)22/h7-12H,3-6,13H2,1-2H3. The van der Waals surface area contributed by atoms with Crippen molar-refractivity contribution < 1.29 is 9.47 Å². The molecule has 0 saturated heterocycles. The van der Waals surface area contributed by atoms with E-state index in [0.29, 0.717) is 0 Å². The van der Waals surface area contributed by atoms with E-state index >= 15 is 0 Å². The monoisotopic (exact) mass is 322 g/mol. The van der Waals surface area contributed by atoms with Crippen molar-refractivity contribution in [1.82, 2.24) is 9.55 Å². The van der Waals surface area contributed by atoms with Crippen molar-refractivity contribution in [2.75, 3.05) is 14.2 Å². The molecule has 0 fully saturated rings. The summed E-state index contributed by atoms with van der Waals surface area (Å²) < 4.78 is 13.2. The molecule has 2 heterocycles. The molecule has 0 saturated carbocycles. The Kier molecular flexibility index (Phi) is 3.89. The first-order chi connectivity index (χ1) is 11.8. The van der Waals surface area contributed by atoms with Crippen LogP contribution in [0.5, 0.6) is 11.6 Å². The summed E-state index contributed by atoms with van der Waals surface area (Å²) in [4.78, 5) is 4.44. The number of fused-ring (bicyclic) bond motifs is 3. The summed E-state index contributed by atoms with van der Waals surface area (Å²) in [5, 5.41) is 1.30. The summed E-state index contributed by atoms with van der Waals surface area (Å²) in [5.41, 5.74) is 5.30. The molecule has 0 bridgehead atoms. The molecule has 0 aliphatic heterocycles. The highest BCUT2D eigenvalue weighted by molar-refractivity contribution is 5.89. The lowest BCUT2D eigenvalue weighted by Gasteiger charge is -2.16. The number of nitrogens with zero attached hydrogens (tertiary/aromatic N) is 2. The van der Waals surface area contributed by atoms with E-state index in [4.69, 9.17) is 9.47 Å². The van der Waals surface area contributed by atoms with Crippen LogP contribution in [-0.4, -0.2) is 23.8 Å². The van der Waals surface area contributed by atoms with Gasteiger partial charge < -0.3 is 14.0 Å². The van der Waals surface area contributed by atoms with E-state index in [1.807, 2.05) is 18.3 Å². The van der Waals surface area contributed by atoms with Crippen LogP contribution in [-0.2, 0) is 19.4 Å². The molecule has 1 aliphatic rings. The molecule has 1 aliphatic carbocycles. The van der Waals surface area contributed by atoms with E-state index in [1.54, 1.807) is 14.2 Å². The smallest absolute Gasteiger partial charge is 0.238 e. The van der Waals surface area contributed by atoms with Crippen molar-refractivity contribution in [3.05, 3.63) is 53.3 Å².